The van der Waals surface area contributed by atoms with Crippen LogP contribution in [0.4, 0.5) is 0 Å². The van der Waals surface area contributed by atoms with Crippen molar-refractivity contribution >= 4 is 0 Å². The van der Waals surface area contributed by atoms with E-state index in [-0.39, 0.29) is 0 Å². The highest BCUT2D eigenvalue weighted by Crippen LogP contribution is 2.29. The number of nitrogens with one attached hydrogen (secondary N) is 1. The van der Waals surface area contributed by atoms with Crippen molar-refractivity contribution in [1.29, 1.82) is 0 Å². The summed E-state index contributed by atoms with van der Waals surface area (Å²) in [4.78, 5) is 0. The van der Waals surface area contributed by atoms with Crippen LogP contribution in [-0.2, 0) is 19.3 Å². The topological polar surface area (TPSA) is 21.3 Å². The molecule has 15 heavy (non-hydrogen) atoms. The Hall–Kier alpha value is -1.02. The van der Waals surface area contributed by atoms with E-state index in [1.54, 1.807) is 7.11 Å². The van der Waals surface area contributed by atoms with Gasteiger partial charge < -0.3 is 10.1 Å². The van der Waals surface area contributed by atoms with Gasteiger partial charge in [0.05, 0.1) is 7.11 Å². The summed E-state index contributed by atoms with van der Waals surface area (Å²) in [7, 11) is 3.75. The maximum Gasteiger partial charge on any atom is 0.122 e. The van der Waals surface area contributed by atoms with Crippen LogP contribution < -0.4 is 10.1 Å². The van der Waals surface area contributed by atoms with E-state index < -0.39 is 0 Å². The first kappa shape index (κ1) is 10.5. The van der Waals surface area contributed by atoms with E-state index >= 15 is 0 Å². The van der Waals surface area contributed by atoms with Gasteiger partial charge in [0, 0.05) is 0 Å². The Morgan fingerprint density at radius 1 is 1.27 bits per heavy atom. The molecule has 0 heterocycles. The summed E-state index contributed by atoms with van der Waals surface area (Å²) in [5, 5.41) is 3.18. The molecule has 2 nitrogen and oxygen atoms in total. The molecule has 0 fully saturated rings. The monoisotopic (exact) mass is 205 g/mol. The second-order valence-corrected chi connectivity index (χ2v) is 4.14. The number of hydrogen-bond acceptors (Lipinski definition) is 2. The second-order valence-electron chi connectivity index (χ2n) is 4.14. The third-order valence-corrected chi connectivity index (χ3v) is 3.14. The number of ether oxygens (including phenoxy) is 1. The lowest BCUT2D eigenvalue weighted by molar-refractivity contribution is 0.409. The molecule has 0 unspecified atom stereocenters. The van der Waals surface area contributed by atoms with Crippen LogP contribution in [0, 0.1) is 0 Å². The number of hydrogen-bond donors (Lipinski definition) is 1. The first-order valence-electron chi connectivity index (χ1n) is 5.68. The van der Waals surface area contributed by atoms with Gasteiger partial charge in [-0.15, -0.1) is 0 Å². The van der Waals surface area contributed by atoms with Crippen molar-refractivity contribution in [3.63, 3.8) is 0 Å². The lowest BCUT2D eigenvalue weighted by Crippen LogP contribution is -2.11. The van der Waals surface area contributed by atoms with Gasteiger partial charge in [-0.05, 0) is 62.0 Å². The molecule has 82 valence electrons. The number of aryl methyl sites for hydroxylation is 2. The molecule has 0 saturated carbocycles. The molecule has 2 rings (SSSR count). The van der Waals surface area contributed by atoms with Crippen LogP contribution >= 0.6 is 0 Å². The van der Waals surface area contributed by atoms with Crippen LogP contribution in [0.15, 0.2) is 12.1 Å². The summed E-state index contributed by atoms with van der Waals surface area (Å²) < 4.78 is 5.44. The molecule has 0 amide bonds. The van der Waals surface area contributed by atoms with E-state index in [1.807, 2.05) is 7.05 Å². The highest BCUT2D eigenvalue weighted by molar-refractivity contribution is 5.44. The third kappa shape index (κ3) is 2.15. The molecule has 0 aliphatic heterocycles. The Kier molecular flexibility index (Phi) is 3.27. The largest absolute Gasteiger partial charge is 0.496 e. The fourth-order valence-corrected chi connectivity index (χ4v) is 2.30. The minimum Gasteiger partial charge on any atom is -0.496 e. The van der Waals surface area contributed by atoms with Gasteiger partial charge in [0.1, 0.15) is 5.75 Å². The van der Waals surface area contributed by atoms with Gasteiger partial charge in [-0.1, -0.05) is 6.07 Å². The van der Waals surface area contributed by atoms with Crippen molar-refractivity contribution in [2.24, 2.45) is 0 Å². The van der Waals surface area contributed by atoms with Crippen LogP contribution in [0.5, 0.6) is 5.75 Å². The molecule has 2 heteroatoms. The van der Waals surface area contributed by atoms with Gasteiger partial charge in [0.15, 0.2) is 0 Å². The Balaban J connectivity index is 2.27. The van der Waals surface area contributed by atoms with E-state index in [0.717, 1.165) is 18.7 Å². The molecule has 1 aliphatic carbocycles. The summed E-state index contributed by atoms with van der Waals surface area (Å²) in [5.74, 6) is 1.06. The Bertz CT molecular complexity index is 347. The summed E-state index contributed by atoms with van der Waals surface area (Å²) in [6.07, 6.45) is 4.81. The summed E-state index contributed by atoms with van der Waals surface area (Å²) >= 11 is 0. The Morgan fingerprint density at radius 3 is 2.67 bits per heavy atom. The summed E-state index contributed by atoms with van der Waals surface area (Å²) in [5.41, 5.74) is 4.36. The molecule has 0 spiro atoms. The molecule has 1 aromatic carbocycles. The minimum absolute atomic E-state index is 1.01. The molecule has 0 atom stereocenters. The molecule has 0 aromatic heterocycles. The highest BCUT2D eigenvalue weighted by atomic mass is 16.5. The SMILES string of the molecule is CNCCc1cc2c(cc1OC)CCC2. The number of methoxy groups -OCH3 is 1. The zero-order valence-electron chi connectivity index (χ0n) is 9.60. The van der Waals surface area contributed by atoms with Crippen LogP contribution in [0.25, 0.3) is 0 Å². The van der Waals surface area contributed by atoms with Crippen LogP contribution in [0.3, 0.4) is 0 Å². The Morgan fingerprint density at radius 2 is 2.00 bits per heavy atom. The van der Waals surface area contributed by atoms with E-state index in [9.17, 15) is 0 Å². The fraction of sp³-hybridized carbons (Fsp3) is 0.538. The number of fused-ring (bicyclic) bond motifs is 1. The lowest BCUT2D eigenvalue weighted by atomic mass is 10.0. The molecule has 0 saturated heterocycles. The van der Waals surface area contributed by atoms with Gasteiger partial charge in [0.2, 0.25) is 0 Å². The number of rotatable bonds is 4. The van der Waals surface area contributed by atoms with Crippen molar-refractivity contribution in [1.82, 2.24) is 5.32 Å². The number of likely N-dealkylation sites (N-methyl/N-ethyl adjacent to an activating group) is 1. The van der Waals surface area contributed by atoms with Crippen LogP contribution in [0.2, 0.25) is 0 Å². The van der Waals surface area contributed by atoms with Crippen LogP contribution in [0.1, 0.15) is 23.1 Å². The molecule has 0 bridgehead atoms. The Labute approximate surface area is 91.6 Å². The van der Waals surface area contributed by atoms with Crippen molar-refractivity contribution < 1.29 is 4.74 Å². The van der Waals surface area contributed by atoms with E-state index in [0.29, 0.717) is 0 Å². The molecule has 1 aliphatic rings. The van der Waals surface area contributed by atoms with Crippen molar-refractivity contribution in [2.75, 3.05) is 20.7 Å². The fourth-order valence-electron chi connectivity index (χ4n) is 2.30. The van der Waals surface area contributed by atoms with Crippen molar-refractivity contribution in [3.8, 4) is 5.75 Å². The van der Waals surface area contributed by atoms with E-state index in [4.69, 9.17) is 4.74 Å². The molecular weight excluding hydrogens is 186 g/mol. The molecule has 1 aromatic rings. The molecular formula is C13H19NO. The zero-order valence-corrected chi connectivity index (χ0v) is 9.60. The first-order chi connectivity index (χ1) is 7.35. The average Bonchev–Trinajstić information content (AvgIpc) is 2.71. The van der Waals surface area contributed by atoms with Gasteiger partial charge in [0.25, 0.3) is 0 Å². The smallest absolute Gasteiger partial charge is 0.122 e. The summed E-state index contributed by atoms with van der Waals surface area (Å²) in [6, 6.07) is 4.56. The van der Waals surface area contributed by atoms with E-state index in [1.165, 1.54) is 36.0 Å². The third-order valence-electron chi connectivity index (χ3n) is 3.14. The maximum atomic E-state index is 5.44. The van der Waals surface area contributed by atoms with Crippen LogP contribution in [-0.4, -0.2) is 20.7 Å². The first-order valence-corrected chi connectivity index (χ1v) is 5.68. The molecule has 0 radical (unpaired) electrons. The van der Waals surface area contributed by atoms with Gasteiger partial charge in [-0.3, -0.25) is 0 Å². The van der Waals surface area contributed by atoms with Crippen molar-refractivity contribution in [2.45, 2.75) is 25.7 Å². The quantitative estimate of drug-likeness (QED) is 0.811. The highest BCUT2D eigenvalue weighted by Gasteiger charge is 2.14. The molecule has 1 N–H and O–H groups in total. The lowest BCUT2D eigenvalue weighted by Gasteiger charge is -2.11. The van der Waals surface area contributed by atoms with Gasteiger partial charge in [-0.25, -0.2) is 0 Å². The standard InChI is InChI=1S/C13H19NO/c1-14-7-6-12-8-10-4-3-5-11(10)9-13(12)15-2/h8-9,14H,3-7H2,1-2H3. The normalized spacial score (nSPS) is 14.0. The zero-order chi connectivity index (χ0) is 10.7. The predicted octanol–water partition coefficient (Wildman–Crippen LogP) is 1.95. The van der Waals surface area contributed by atoms with E-state index in [2.05, 4.69) is 17.4 Å². The predicted molar refractivity (Wildman–Crippen MR) is 62.6 cm³/mol. The van der Waals surface area contributed by atoms with Crippen molar-refractivity contribution in [3.05, 3.63) is 28.8 Å². The summed E-state index contributed by atoms with van der Waals surface area (Å²) in [6.45, 7) is 1.01. The second kappa shape index (κ2) is 4.67. The maximum absolute atomic E-state index is 5.44. The van der Waals surface area contributed by atoms with Gasteiger partial charge >= 0.3 is 0 Å². The van der Waals surface area contributed by atoms with Gasteiger partial charge in [-0.2, -0.15) is 0 Å². The average molecular weight is 205 g/mol. The number of benzene rings is 1. The minimum atomic E-state index is 1.01.